The summed E-state index contributed by atoms with van der Waals surface area (Å²) in [5.41, 5.74) is 1.49. The van der Waals surface area contributed by atoms with Crippen molar-refractivity contribution in [3.8, 4) is 11.6 Å². The number of ether oxygens (including phenoxy) is 1. The highest BCUT2D eigenvalue weighted by Crippen LogP contribution is 2.22. The molecule has 1 aliphatic carbocycles. The fourth-order valence-electron chi connectivity index (χ4n) is 3.83. The molecule has 0 bridgehead atoms. The Kier molecular flexibility index (Phi) is 6.84. The van der Waals surface area contributed by atoms with E-state index in [9.17, 15) is 9.59 Å². The van der Waals surface area contributed by atoms with Gasteiger partial charge in [-0.1, -0.05) is 11.8 Å². The second kappa shape index (κ2) is 10.3. The van der Waals surface area contributed by atoms with Gasteiger partial charge < -0.3 is 19.9 Å². The van der Waals surface area contributed by atoms with E-state index >= 15 is 0 Å². The van der Waals surface area contributed by atoms with Crippen LogP contribution >= 0.6 is 11.8 Å². The number of hydrogen-bond donors (Lipinski definition) is 1. The van der Waals surface area contributed by atoms with Crippen LogP contribution in [0.25, 0.3) is 5.82 Å². The molecule has 10 nitrogen and oxygen atoms in total. The van der Waals surface area contributed by atoms with Crippen LogP contribution in [0.5, 0.6) is 5.75 Å². The summed E-state index contributed by atoms with van der Waals surface area (Å²) in [5.74, 6) is 1.59. The number of piperazine rings is 1. The lowest BCUT2D eigenvalue weighted by molar-refractivity contribution is -0.128. The SMILES string of the molecule is COc1ccc(N2CCN(C(=O)CSc3cc(-n4ccc(C(=O)NC5CC5)n4)ncn3)CC2)cc1. The van der Waals surface area contributed by atoms with Gasteiger partial charge in [0, 0.05) is 50.2 Å². The van der Waals surface area contributed by atoms with E-state index in [1.165, 1.54) is 18.1 Å². The predicted octanol–water partition coefficient (Wildman–Crippen LogP) is 2.00. The van der Waals surface area contributed by atoms with Crippen LogP contribution in [-0.4, -0.2) is 81.5 Å². The summed E-state index contributed by atoms with van der Waals surface area (Å²) < 4.78 is 6.77. The Hall–Kier alpha value is -3.60. The highest BCUT2D eigenvalue weighted by Gasteiger charge is 2.25. The number of methoxy groups -OCH3 is 1. The third-order valence-corrected chi connectivity index (χ3v) is 6.92. The molecule has 0 spiro atoms. The number of nitrogens with one attached hydrogen (secondary N) is 1. The molecule has 3 heterocycles. The lowest BCUT2D eigenvalue weighted by Gasteiger charge is -2.36. The quantitative estimate of drug-likeness (QED) is 0.375. The van der Waals surface area contributed by atoms with Gasteiger partial charge in [-0.3, -0.25) is 9.59 Å². The van der Waals surface area contributed by atoms with Crippen LogP contribution in [0.2, 0.25) is 0 Å². The number of carbonyl (C=O) groups is 2. The summed E-state index contributed by atoms with van der Waals surface area (Å²) in [4.78, 5) is 37.7. The van der Waals surface area contributed by atoms with E-state index in [0.717, 1.165) is 37.4 Å². The van der Waals surface area contributed by atoms with Crippen LogP contribution in [0.15, 0.2) is 53.9 Å². The largest absolute Gasteiger partial charge is 0.497 e. The number of benzene rings is 1. The van der Waals surface area contributed by atoms with Crippen LogP contribution in [0, 0.1) is 0 Å². The normalized spacial score (nSPS) is 15.7. The molecule has 2 aliphatic rings. The van der Waals surface area contributed by atoms with E-state index in [2.05, 4.69) is 25.3 Å². The van der Waals surface area contributed by atoms with Gasteiger partial charge in [0.15, 0.2) is 11.5 Å². The van der Waals surface area contributed by atoms with Crippen molar-refractivity contribution in [2.45, 2.75) is 23.9 Å². The Labute approximate surface area is 207 Å². The monoisotopic (exact) mass is 493 g/mol. The van der Waals surface area contributed by atoms with E-state index in [-0.39, 0.29) is 17.9 Å². The van der Waals surface area contributed by atoms with Crippen molar-refractivity contribution in [2.24, 2.45) is 0 Å². The van der Waals surface area contributed by atoms with Gasteiger partial charge in [0.2, 0.25) is 5.91 Å². The standard InChI is InChI=1S/C24H27N7O3S/c1-34-19-6-4-18(5-7-19)29-10-12-30(13-11-29)23(32)15-35-22-14-21(25-16-26-22)31-9-8-20(28-31)24(33)27-17-2-3-17/h4-9,14,16-17H,2-3,10-13,15H2,1H3,(H,27,33). The van der Waals surface area contributed by atoms with Crippen molar-refractivity contribution >= 4 is 29.3 Å². The van der Waals surface area contributed by atoms with E-state index in [0.29, 0.717) is 35.4 Å². The highest BCUT2D eigenvalue weighted by molar-refractivity contribution is 7.99. The molecule has 2 amide bonds. The van der Waals surface area contributed by atoms with Gasteiger partial charge in [0.05, 0.1) is 12.9 Å². The first kappa shape index (κ1) is 23.2. The number of hydrogen-bond acceptors (Lipinski definition) is 8. The van der Waals surface area contributed by atoms with Crippen LogP contribution in [0.4, 0.5) is 5.69 Å². The second-order valence-corrected chi connectivity index (χ2v) is 9.46. The lowest BCUT2D eigenvalue weighted by atomic mass is 10.2. The molecule has 35 heavy (non-hydrogen) atoms. The zero-order valence-corrected chi connectivity index (χ0v) is 20.3. The molecule has 1 saturated heterocycles. The summed E-state index contributed by atoms with van der Waals surface area (Å²) in [6, 6.07) is 11.7. The first-order valence-electron chi connectivity index (χ1n) is 11.6. The minimum atomic E-state index is -0.174. The summed E-state index contributed by atoms with van der Waals surface area (Å²) in [5, 5.41) is 7.94. The third-order valence-electron chi connectivity index (χ3n) is 6.01. The molecule has 11 heteroatoms. The molecule has 5 rings (SSSR count). The number of nitrogens with zero attached hydrogens (tertiary/aromatic N) is 6. The van der Waals surface area contributed by atoms with Crippen LogP contribution in [0.1, 0.15) is 23.3 Å². The Morgan fingerprint density at radius 3 is 2.57 bits per heavy atom. The number of amides is 2. The lowest BCUT2D eigenvalue weighted by Crippen LogP contribution is -2.49. The maximum Gasteiger partial charge on any atom is 0.272 e. The molecule has 1 N–H and O–H groups in total. The van der Waals surface area contributed by atoms with Crippen molar-refractivity contribution in [1.29, 1.82) is 0 Å². The molecule has 0 radical (unpaired) electrons. The van der Waals surface area contributed by atoms with E-state index in [1.54, 1.807) is 30.1 Å². The molecule has 3 aromatic rings. The minimum absolute atomic E-state index is 0.0858. The Bertz CT molecular complexity index is 1190. The molecule has 182 valence electrons. The van der Waals surface area contributed by atoms with E-state index in [1.807, 2.05) is 29.2 Å². The van der Waals surface area contributed by atoms with Gasteiger partial charge in [0.25, 0.3) is 5.91 Å². The van der Waals surface area contributed by atoms with Crippen molar-refractivity contribution in [2.75, 3.05) is 43.9 Å². The van der Waals surface area contributed by atoms with Gasteiger partial charge in [0.1, 0.15) is 17.1 Å². The number of aromatic nitrogens is 4. The number of carbonyl (C=O) groups excluding carboxylic acids is 2. The summed E-state index contributed by atoms with van der Waals surface area (Å²) >= 11 is 1.37. The van der Waals surface area contributed by atoms with E-state index < -0.39 is 0 Å². The summed E-state index contributed by atoms with van der Waals surface area (Å²) in [7, 11) is 1.66. The van der Waals surface area contributed by atoms with Crippen LogP contribution < -0.4 is 15.0 Å². The maximum atomic E-state index is 12.8. The van der Waals surface area contributed by atoms with Crippen molar-refractivity contribution in [3.63, 3.8) is 0 Å². The molecule has 1 aliphatic heterocycles. The molecular weight excluding hydrogens is 466 g/mol. The Morgan fingerprint density at radius 2 is 1.86 bits per heavy atom. The first-order valence-corrected chi connectivity index (χ1v) is 12.6. The molecule has 2 fully saturated rings. The molecule has 0 unspecified atom stereocenters. The zero-order valence-electron chi connectivity index (χ0n) is 19.5. The highest BCUT2D eigenvalue weighted by atomic mass is 32.2. The van der Waals surface area contributed by atoms with Gasteiger partial charge in [-0.2, -0.15) is 5.10 Å². The van der Waals surface area contributed by atoms with Gasteiger partial charge in [-0.05, 0) is 43.2 Å². The molecule has 1 saturated carbocycles. The fourth-order valence-corrected chi connectivity index (χ4v) is 4.59. The zero-order chi connectivity index (χ0) is 24.2. The first-order chi connectivity index (χ1) is 17.1. The van der Waals surface area contributed by atoms with Crippen molar-refractivity contribution in [3.05, 3.63) is 54.6 Å². The van der Waals surface area contributed by atoms with E-state index in [4.69, 9.17) is 4.74 Å². The van der Waals surface area contributed by atoms with Gasteiger partial charge in [-0.25, -0.2) is 14.6 Å². The van der Waals surface area contributed by atoms with Crippen molar-refractivity contribution in [1.82, 2.24) is 30.0 Å². The van der Waals surface area contributed by atoms with Crippen molar-refractivity contribution < 1.29 is 14.3 Å². The number of thioether (sulfide) groups is 1. The number of rotatable bonds is 8. The molecule has 0 atom stereocenters. The molecule has 2 aromatic heterocycles. The second-order valence-electron chi connectivity index (χ2n) is 8.46. The summed E-state index contributed by atoms with van der Waals surface area (Å²) in [6.45, 7) is 2.94. The van der Waals surface area contributed by atoms with Gasteiger partial charge >= 0.3 is 0 Å². The predicted molar refractivity (Wildman–Crippen MR) is 132 cm³/mol. The average Bonchev–Trinajstić information content (AvgIpc) is 3.58. The smallest absolute Gasteiger partial charge is 0.272 e. The molecule has 1 aromatic carbocycles. The summed E-state index contributed by atoms with van der Waals surface area (Å²) in [6.07, 6.45) is 5.19. The van der Waals surface area contributed by atoms with Crippen LogP contribution in [-0.2, 0) is 4.79 Å². The topological polar surface area (TPSA) is 105 Å². The minimum Gasteiger partial charge on any atom is -0.497 e. The average molecular weight is 494 g/mol. The molecular formula is C24H27N7O3S. The number of anilines is 1. The fraction of sp³-hybridized carbons (Fsp3) is 0.375. The van der Waals surface area contributed by atoms with Crippen LogP contribution in [0.3, 0.4) is 0 Å². The maximum absolute atomic E-state index is 12.8. The third kappa shape index (κ3) is 5.73. The Balaban J connectivity index is 1.12. The Morgan fingerprint density at radius 1 is 1.09 bits per heavy atom. The van der Waals surface area contributed by atoms with Gasteiger partial charge in [-0.15, -0.1) is 0 Å².